The normalized spacial score (nSPS) is 17.6. The first-order chi connectivity index (χ1) is 12.8. The molecular weight excluding hydrogens is 346 g/mol. The third-order valence-electron chi connectivity index (χ3n) is 4.12. The highest BCUT2D eigenvalue weighted by Gasteiger charge is 2.25. The van der Waals surface area contributed by atoms with E-state index in [0.717, 1.165) is 16.3 Å². The second-order valence-electron chi connectivity index (χ2n) is 5.96. The van der Waals surface area contributed by atoms with Crippen molar-refractivity contribution in [3.05, 3.63) is 65.9 Å². The monoisotopic (exact) mass is 369 g/mol. The Morgan fingerprint density at radius 3 is 2.96 bits per heavy atom. The molecule has 0 aliphatic carbocycles. The van der Waals surface area contributed by atoms with Crippen molar-refractivity contribution in [1.29, 1.82) is 0 Å². The van der Waals surface area contributed by atoms with E-state index < -0.39 is 0 Å². The Morgan fingerprint density at radius 2 is 2.15 bits per heavy atom. The molecule has 0 unspecified atom stereocenters. The van der Waals surface area contributed by atoms with Gasteiger partial charge in [0.2, 0.25) is 0 Å². The number of carbonyl (C=O) groups is 1. The van der Waals surface area contributed by atoms with Crippen LogP contribution >= 0.6 is 11.8 Å². The minimum Gasteiger partial charge on any atom is -0.373 e. The summed E-state index contributed by atoms with van der Waals surface area (Å²) in [5.41, 5.74) is 7.48. The van der Waals surface area contributed by atoms with Gasteiger partial charge in [0.05, 0.1) is 18.3 Å². The number of rotatable bonds is 6. The minimum atomic E-state index is -0.0886. The average Bonchev–Trinajstić information content (AvgIpc) is 2.72. The second-order valence-corrected chi connectivity index (χ2v) is 6.97. The lowest BCUT2D eigenvalue weighted by molar-refractivity contribution is -0.0169. The van der Waals surface area contributed by atoms with Gasteiger partial charge in [-0.2, -0.15) is 0 Å². The van der Waals surface area contributed by atoms with Gasteiger partial charge in [-0.25, -0.2) is 4.98 Å². The smallest absolute Gasteiger partial charge is 0.256 e. The van der Waals surface area contributed by atoms with Gasteiger partial charge in [-0.05, 0) is 17.7 Å². The van der Waals surface area contributed by atoms with Gasteiger partial charge in [-0.1, -0.05) is 42.5 Å². The lowest BCUT2D eigenvalue weighted by Crippen LogP contribution is -2.48. The summed E-state index contributed by atoms with van der Waals surface area (Å²) in [4.78, 5) is 19.1. The standard InChI is InChI=1S/C20H23N3O2S/c21-14-17-15-23(11-12-25-17)20(24)18-9-4-10-22-19(18)26-13-5-8-16-6-2-1-3-7-16/h1-10,17H,11-15,21H2/b8-5+/t17-/m1/s1. The molecule has 1 aliphatic rings. The highest BCUT2D eigenvalue weighted by Crippen LogP contribution is 2.22. The quantitative estimate of drug-likeness (QED) is 0.793. The highest BCUT2D eigenvalue weighted by molar-refractivity contribution is 7.99. The molecule has 0 radical (unpaired) electrons. The maximum atomic E-state index is 12.9. The Morgan fingerprint density at radius 1 is 1.31 bits per heavy atom. The number of amides is 1. The topological polar surface area (TPSA) is 68.5 Å². The molecule has 0 spiro atoms. The largest absolute Gasteiger partial charge is 0.373 e. The summed E-state index contributed by atoms with van der Waals surface area (Å²) in [5.74, 6) is 0.746. The molecule has 1 aromatic carbocycles. The van der Waals surface area contributed by atoms with E-state index >= 15 is 0 Å². The van der Waals surface area contributed by atoms with Gasteiger partial charge >= 0.3 is 0 Å². The minimum absolute atomic E-state index is 0.00520. The van der Waals surface area contributed by atoms with Crippen molar-refractivity contribution in [2.45, 2.75) is 11.1 Å². The number of thioether (sulfide) groups is 1. The predicted molar refractivity (Wildman–Crippen MR) is 105 cm³/mol. The Balaban J connectivity index is 1.64. The summed E-state index contributed by atoms with van der Waals surface area (Å²) in [6.45, 7) is 2.06. The van der Waals surface area contributed by atoms with Crippen molar-refractivity contribution >= 4 is 23.7 Å². The van der Waals surface area contributed by atoms with Gasteiger partial charge in [0.25, 0.3) is 5.91 Å². The van der Waals surface area contributed by atoms with Gasteiger partial charge in [0.1, 0.15) is 5.03 Å². The van der Waals surface area contributed by atoms with Crippen LogP contribution in [0.4, 0.5) is 0 Å². The van der Waals surface area contributed by atoms with Crippen LogP contribution in [-0.2, 0) is 4.74 Å². The molecule has 1 saturated heterocycles. The van der Waals surface area contributed by atoms with Crippen LogP contribution in [0.25, 0.3) is 6.08 Å². The molecule has 1 aliphatic heterocycles. The molecule has 0 bridgehead atoms. The van der Waals surface area contributed by atoms with E-state index in [4.69, 9.17) is 10.5 Å². The molecule has 2 heterocycles. The number of benzene rings is 1. The van der Waals surface area contributed by atoms with Crippen molar-refractivity contribution in [1.82, 2.24) is 9.88 Å². The van der Waals surface area contributed by atoms with Crippen molar-refractivity contribution in [3.63, 3.8) is 0 Å². The Bertz CT molecular complexity index is 752. The third-order valence-corrected chi connectivity index (χ3v) is 5.07. The molecule has 1 amide bonds. The molecule has 1 aromatic heterocycles. The zero-order chi connectivity index (χ0) is 18.2. The van der Waals surface area contributed by atoms with Gasteiger partial charge in [-0.3, -0.25) is 4.79 Å². The first-order valence-corrected chi connectivity index (χ1v) is 9.67. The number of hydrogen-bond donors (Lipinski definition) is 1. The van der Waals surface area contributed by atoms with Crippen LogP contribution in [-0.4, -0.2) is 53.9 Å². The van der Waals surface area contributed by atoms with E-state index in [1.165, 1.54) is 0 Å². The Hall–Kier alpha value is -2.15. The van der Waals surface area contributed by atoms with E-state index in [1.807, 2.05) is 29.2 Å². The van der Waals surface area contributed by atoms with Crippen LogP contribution in [0.15, 0.2) is 59.8 Å². The molecule has 1 atom stereocenters. The van der Waals surface area contributed by atoms with Crippen LogP contribution < -0.4 is 5.73 Å². The number of pyridine rings is 1. The van der Waals surface area contributed by atoms with Crippen molar-refractivity contribution in [2.75, 3.05) is 32.0 Å². The predicted octanol–water partition coefficient (Wildman–Crippen LogP) is 2.69. The molecule has 0 saturated carbocycles. The van der Waals surface area contributed by atoms with Crippen LogP contribution in [0.1, 0.15) is 15.9 Å². The summed E-state index contributed by atoms with van der Waals surface area (Å²) in [7, 11) is 0. The Kier molecular flexibility index (Phi) is 6.82. The number of nitrogens with two attached hydrogens (primary N) is 1. The second kappa shape index (κ2) is 9.52. The first kappa shape index (κ1) is 18.6. The molecule has 1 fully saturated rings. The van der Waals surface area contributed by atoms with E-state index in [0.29, 0.717) is 31.8 Å². The van der Waals surface area contributed by atoms with Gasteiger partial charge in [0.15, 0.2) is 0 Å². The number of carbonyl (C=O) groups excluding carboxylic acids is 1. The van der Waals surface area contributed by atoms with Crippen LogP contribution in [0.2, 0.25) is 0 Å². The average molecular weight is 369 g/mol. The Labute approximate surface area is 158 Å². The SMILES string of the molecule is NC[C@@H]1CN(C(=O)c2cccnc2SC/C=C/c2ccccc2)CCO1. The first-order valence-electron chi connectivity index (χ1n) is 8.68. The van der Waals surface area contributed by atoms with Crippen molar-refractivity contribution < 1.29 is 9.53 Å². The fourth-order valence-corrected chi connectivity index (χ4v) is 3.56. The summed E-state index contributed by atoms with van der Waals surface area (Å²) >= 11 is 1.56. The summed E-state index contributed by atoms with van der Waals surface area (Å²) in [5, 5.41) is 0.756. The molecule has 136 valence electrons. The highest BCUT2D eigenvalue weighted by atomic mass is 32.2. The van der Waals surface area contributed by atoms with Gasteiger partial charge < -0.3 is 15.4 Å². The van der Waals surface area contributed by atoms with Crippen LogP contribution in [0.3, 0.4) is 0 Å². The molecule has 5 nitrogen and oxygen atoms in total. The number of morpholine rings is 1. The maximum absolute atomic E-state index is 12.9. The zero-order valence-electron chi connectivity index (χ0n) is 14.6. The molecule has 2 aromatic rings. The van der Waals surface area contributed by atoms with E-state index in [1.54, 1.807) is 24.0 Å². The molecule has 3 rings (SSSR count). The molecule has 26 heavy (non-hydrogen) atoms. The number of nitrogens with zero attached hydrogens (tertiary/aromatic N) is 2. The van der Waals surface area contributed by atoms with Crippen LogP contribution in [0, 0.1) is 0 Å². The van der Waals surface area contributed by atoms with E-state index in [-0.39, 0.29) is 12.0 Å². The van der Waals surface area contributed by atoms with Crippen molar-refractivity contribution in [3.8, 4) is 0 Å². The fraction of sp³-hybridized carbons (Fsp3) is 0.300. The third kappa shape index (κ3) is 4.94. The summed E-state index contributed by atoms with van der Waals surface area (Å²) in [6.07, 6.45) is 5.80. The lowest BCUT2D eigenvalue weighted by atomic mass is 10.2. The van der Waals surface area contributed by atoms with Gasteiger partial charge in [0, 0.05) is 31.6 Å². The summed E-state index contributed by atoms with van der Waals surface area (Å²) < 4.78 is 5.55. The number of ether oxygens (including phenoxy) is 1. The lowest BCUT2D eigenvalue weighted by Gasteiger charge is -2.32. The molecular formula is C20H23N3O2S. The maximum Gasteiger partial charge on any atom is 0.256 e. The molecule has 6 heteroatoms. The van der Waals surface area contributed by atoms with Crippen molar-refractivity contribution in [2.24, 2.45) is 5.73 Å². The number of aromatic nitrogens is 1. The van der Waals surface area contributed by atoms with E-state index in [2.05, 4.69) is 29.3 Å². The number of hydrogen-bond acceptors (Lipinski definition) is 5. The van der Waals surface area contributed by atoms with Gasteiger partial charge in [-0.15, -0.1) is 11.8 Å². The van der Waals surface area contributed by atoms with E-state index in [9.17, 15) is 4.79 Å². The van der Waals surface area contributed by atoms with Crippen LogP contribution in [0.5, 0.6) is 0 Å². The summed E-state index contributed by atoms with van der Waals surface area (Å²) in [6, 6.07) is 13.8. The fourth-order valence-electron chi connectivity index (χ4n) is 2.76. The zero-order valence-corrected chi connectivity index (χ0v) is 15.4. The molecule has 2 N–H and O–H groups in total.